The Labute approximate surface area is 157 Å². The number of hydrogen-bond donors (Lipinski definition) is 2. The molecule has 5 rings (SSSR count). The zero-order valence-electron chi connectivity index (χ0n) is 16.7. The van der Waals surface area contributed by atoms with Gasteiger partial charge in [-0.3, -0.25) is 0 Å². The minimum Gasteiger partial charge on any atom is -0.393 e. The molecule has 5 aliphatic rings. The first kappa shape index (κ1) is 17.9. The minimum atomic E-state index is -0.707. The van der Waals surface area contributed by atoms with Crippen LogP contribution in [0.2, 0.25) is 0 Å². The van der Waals surface area contributed by atoms with E-state index >= 15 is 0 Å². The molecule has 0 aromatic heterocycles. The van der Waals surface area contributed by atoms with E-state index in [2.05, 4.69) is 20.8 Å². The molecule has 5 fully saturated rings. The van der Waals surface area contributed by atoms with Crippen molar-refractivity contribution in [3.63, 3.8) is 0 Å². The predicted molar refractivity (Wildman–Crippen MR) is 98.4 cm³/mol. The lowest BCUT2D eigenvalue weighted by Gasteiger charge is -2.66. The van der Waals surface area contributed by atoms with E-state index in [1.807, 2.05) is 0 Å². The van der Waals surface area contributed by atoms with Crippen molar-refractivity contribution < 1.29 is 19.7 Å². The van der Waals surface area contributed by atoms with Gasteiger partial charge < -0.3 is 19.7 Å². The van der Waals surface area contributed by atoms with Crippen molar-refractivity contribution in [1.29, 1.82) is 0 Å². The molecule has 4 nitrogen and oxygen atoms in total. The molecule has 2 N–H and O–H groups in total. The van der Waals surface area contributed by atoms with Crippen LogP contribution >= 0.6 is 0 Å². The Hall–Kier alpha value is -0.160. The maximum absolute atomic E-state index is 12.0. The van der Waals surface area contributed by atoms with E-state index in [-0.39, 0.29) is 22.9 Å². The molecule has 4 heteroatoms. The summed E-state index contributed by atoms with van der Waals surface area (Å²) in [5, 5.41) is 22.7. The highest BCUT2D eigenvalue weighted by molar-refractivity contribution is 5.17. The van der Waals surface area contributed by atoms with E-state index in [0.717, 1.165) is 44.9 Å². The van der Waals surface area contributed by atoms with E-state index in [1.165, 1.54) is 0 Å². The zero-order chi connectivity index (χ0) is 18.4. The fourth-order valence-corrected chi connectivity index (χ4v) is 8.34. The smallest absolute Gasteiger partial charge is 0.171 e. The second-order valence-corrected chi connectivity index (χ2v) is 10.8. The highest BCUT2D eigenvalue weighted by Crippen LogP contribution is 2.69. The normalized spacial score (nSPS) is 58.3. The summed E-state index contributed by atoms with van der Waals surface area (Å²) in [6, 6.07) is 0. The maximum Gasteiger partial charge on any atom is 0.171 e. The highest BCUT2D eigenvalue weighted by atomic mass is 16.7. The van der Waals surface area contributed by atoms with Crippen LogP contribution in [0.15, 0.2) is 0 Å². The Balaban J connectivity index is 1.50. The lowest BCUT2D eigenvalue weighted by atomic mass is 9.41. The number of rotatable bonds is 0. The summed E-state index contributed by atoms with van der Waals surface area (Å²) in [5.41, 5.74) is -0.674. The first-order valence-corrected chi connectivity index (χ1v) is 10.9. The van der Waals surface area contributed by atoms with Gasteiger partial charge in [0.2, 0.25) is 0 Å². The molecule has 148 valence electrons. The topological polar surface area (TPSA) is 58.9 Å². The van der Waals surface area contributed by atoms with Gasteiger partial charge in [0.15, 0.2) is 5.79 Å². The van der Waals surface area contributed by atoms with E-state index in [0.29, 0.717) is 37.4 Å². The third-order valence-corrected chi connectivity index (χ3v) is 10.0. The van der Waals surface area contributed by atoms with Crippen molar-refractivity contribution in [2.75, 3.05) is 13.2 Å². The van der Waals surface area contributed by atoms with E-state index in [4.69, 9.17) is 9.47 Å². The van der Waals surface area contributed by atoms with Crippen LogP contribution in [-0.4, -0.2) is 40.9 Å². The van der Waals surface area contributed by atoms with Crippen LogP contribution < -0.4 is 0 Å². The summed E-state index contributed by atoms with van der Waals surface area (Å²) in [7, 11) is 0. The summed E-state index contributed by atoms with van der Waals surface area (Å²) in [4.78, 5) is 0. The van der Waals surface area contributed by atoms with Crippen molar-refractivity contribution in [2.45, 2.75) is 89.6 Å². The Morgan fingerprint density at radius 2 is 1.65 bits per heavy atom. The lowest BCUT2D eigenvalue weighted by Crippen LogP contribution is -2.68. The van der Waals surface area contributed by atoms with Crippen molar-refractivity contribution in [2.24, 2.45) is 34.5 Å². The molecular formula is C22H36O4. The second-order valence-electron chi connectivity index (χ2n) is 10.8. The first-order chi connectivity index (χ1) is 12.2. The van der Waals surface area contributed by atoms with Crippen molar-refractivity contribution in [1.82, 2.24) is 0 Å². The Morgan fingerprint density at radius 3 is 2.38 bits per heavy atom. The molecule has 26 heavy (non-hydrogen) atoms. The average Bonchev–Trinajstić information content (AvgIpc) is 3.16. The third-order valence-electron chi connectivity index (χ3n) is 10.0. The van der Waals surface area contributed by atoms with E-state index < -0.39 is 11.4 Å². The molecule has 0 aromatic rings. The molecule has 1 heterocycles. The quantitative estimate of drug-likeness (QED) is 0.691. The van der Waals surface area contributed by atoms with Gasteiger partial charge in [0.05, 0.1) is 24.9 Å². The summed E-state index contributed by atoms with van der Waals surface area (Å²) in [5.74, 6) is 1.53. The maximum atomic E-state index is 12.0. The molecule has 1 aliphatic heterocycles. The van der Waals surface area contributed by atoms with Crippen molar-refractivity contribution in [3.05, 3.63) is 0 Å². The van der Waals surface area contributed by atoms with Crippen LogP contribution in [0.4, 0.5) is 0 Å². The van der Waals surface area contributed by atoms with Gasteiger partial charge in [-0.05, 0) is 67.6 Å². The van der Waals surface area contributed by atoms with Gasteiger partial charge in [0, 0.05) is 18.3 Å². The minimum absolute atomic E-state index is 0.0647. The molecule has 1 spiro atoms. The van der Waals surface area contributed by atoms with Gasteiger partial charge in [-0.25, -0.2) is 0 Å². The standard InChI is InChI=1S/C22H36O4/c1-14-12-15-16-4-5-18(23)19(16,2)7-6-17(15)20(3)8-9-21(13-22(14,20)24)25-10-11-26-21/h14-18,23-24H,4-13H2,1-3H3/t14-,15+,16+,17+,18+,19+,20-,22+/m1/s1. The fourth-order valence-electron chi connectivity index (χ4n) is 8.34. The van der Waals surface area contributed by atoms with Crippen LogP contribution in [0.3, 0.4) is 0 Å². The first-order valence-electron chi connectivity index (χ1n) is 10.9. The molecule has 0 aromatic carbocycles. The number of aliphatic hydroxyl groups is 2. The molecule has 0 amide bonds. The summed E-state index contributed by atoms with van der Waals surface area (Å²) < 4.78 is 12.0. The van der Waals surface area contributed by atoms with Crippen LogP contribution in [0.1, 0.15) is 72.1 Å². The van der Waals surface area contributed by atoms with Gasteiger partial charge >= 0.3 is 0 Å². The Bertz CT molecular complexity index is 587. The SMILES string of the molecule is C[C@@H]1C[C@H]2[C@@H]3CC[C@H](O)[C@@]3(C)CC[C@@H]2[C@@]2(C)CCC3(C[C@]12O)OCCO3. The molecule has 8 atom stereocenters. The van der Waals surface area contributed by atoms with Crippen molar-refractivity contribution in [3.8, 4) is 0 Å². The van der Waals surface area contributed by atoms with Crippen LogP contribution in [0, 0.1) is 34.5 Å². The molecule has 1 saturated heterocycles. The second kappa shape index (κ2) is 5.46. The predicted octanol–water partition coefficient (Wildman–Crippen LogP) is 3.49. The Morgan fingerprint density at radius 1 is 0.923 bits per heavy atom. The largest absolute Gasteiger partial charge is 0.393 e. The van der Waals surface area contributed by atoms with Crippen LogP contribution in [0.25, 0.3) is 0 Å². The molecule has 0 unspecified atom stereocenters. The Kier molecular flexibility index (Phi) is 3.76. The van der Waals surface area contributed by atoms with Crippen molar-refractivity contribution >= 4 is 0 Å². The number of hydrogen-bond acceptors (Lipinski definition) is 4. The van der Waals surface area contributed by atoms with Gasteiger partial charge in [-0.1, -0.05) is 20.8 Å². The molecule has 0 radical (unpaired) electrons. The molecule has 4 aliphatic carbocycles. The van der Waals surface area contributed by atoms with Gasteiger partial charge in [-0.15, -0.1) is 0 Å². The fraction of sp³-hybridized carbons (Fsp3) is 1.00. The lowest BCUT2D eigenvalue weighted by molar-refractivity contribution is -0.301. The van der Waals surface area contributed by atoms with Gasteiger partial charge in [0.1, 0.15) is 0 Å². The third kappa shape index (κ3) is 2.05. The number of ether oxygens (including phenoxy) is 2. The summed E-state index contributed by atoms with van der Waals surface area (Å²) >= 11 is 0. The molecule has 4 saturated carbocycles. The van der Waals surface area contributed by atoms with E-state index in [9.17, 15) is 10.2 Å². The van der Waals surface area contributed by atoms with E-state index in [1.54, 1.807) is 0 Å². The average molecular weight is 365 g/mol. The zero-order valence-corrected chi connectivity index (χ0v) is 16.7. The monoisotopic (exact) mass is 364 g/mol. The highest BCUT2D eigenvalue weighted by Gasteiger charge is 2.69. The molecule has 0 bridgehead atoms. The van der Waals surface area contributed by atoms with Crippen LogP contribution in [0.5, 0.6) is 0 Å². The number of aliphatic hydroxyl groups excluding tert-OH is 1. The van der Waals surface area contributed by atoms with Crippen LogP contribution in [-0.2, 0) is 9.47 Å². The molecular weight excluding hydrogens is 328 g/mol. The number of fused-ring (bicyclic) bond motifs is 5. The van der Waals surface area contributed by atoms with Gasteiger partial charge in [0.25, 0.3) is 0 Å². The summed E-state index contributed by atoms with van der Waals surface area (Å²) in [6.07, 6.45) is 7.86. The van der Waals surface area contributed by atoms with Gasteiger partial charge in [-0.2, -0.15) is 0 Å². The summed E-state index contributed by atoms with van der Waals surface area (Å²) in [6.45, 7) is 8.25.